The summed E-state index contributed by atoms with van der Waals surface area (Å²) in [7, 11) is 0. The molecule has 1 aliphatic rings. The van der Waals surface area contributed by atoms with E-state index in [1.165, 1.54) is 24.5 Å². The molecule has 3 atom stereocenters. The summed E-state index contributed by atoms with van der Waals surface area (Å²) in [5.41, 5.74) is 7.50. The van der Waals surface area contributed by atoms with Crippen LogP contribution < -0.4 is 10.5 Å². The lowest BCUT2D eigenvalue weighted by molar-refractivity contribution is -0.119. The molecule has 3 rings (SSSR count). The predicted molar refractivity (Wildman–Crippen MR) is 106 cm³/mol. The number of benzene rings is 2. The molecule has 1 fully saturated rings. The predicted octanol–water partition coefficient (Wildman–Crippen LogP) is 5.42. The molecule has 0 radical (unpaired) electrons. The molecular weight excluding hydrogens is 365 g/mol. The second-order valence-electron chi connectivity index (χ2n) is 7.51. The fourth-order valence-electron chi connectivity index (χ4n) is 4.04. The van der Waals surface area contributed by atoms with Gasteiger partial charge in [-0.05, 0) is 78.8 Å². The van der Waals surface area contributed by atoms with Gasteiger partial charge in [0.1, 0.15) is 11.6 Å². The number of ether oxygens (including phenoxy) is 1. The quantitative estimate of drug-likeness (QED) is 0.687. The average molecular weight is 390 g/mol. The van der Waals surface area contributed by atoms with Crippen molar-refractivity contribution < 1.29 is 13.9 Å². The van der Waals surface area contributed by atoms with Crippen LogP contribution in [0.1, 0.15) is 55.6 Å². The Morgan fingerprint density at radius 2 is 2.00 bits per heavy atom. The molecule has 0 saturated heterocycles. The van der Waals surface area contributed by atoms with Crippen LogP contribution >= 0.6 is 11.6 Å². The Bertz CT molecular complexity index is 793. The fraction of sp³-hybridized carbons (Fsp3) is 0.409. The number of primary amides is 1. The highest BCUT2D eigenvalue weighted by molar-refractivity contribution is 6.30. The van der Waals surface area contributed by atoms with Crippen LogP contribution in [0.4, 0.5) is 4.39 Å². The van der Waals surface area contributed by atoms with Gasteiger partial charge in [0.25, 0.3) is 5.91 Å². The molecule has 2 N–H and O–H groups in total. The molecule has 0 heterocycles. The van der Waals surface area contributed by atoms with Crippen LogP contribution in [-0.2, 0) is 4.79 Å². The second kappa shape index (κ2) is 8.75. The van der Waals surface area contributed by atoms with Gasteiger partial charge in [-0.25, -0.2) is 4.39 Å². The Kier molecular flexibility index (Phi) is 6.38. The number of halogens is 2. The van der Waals surface area contributed by atoms with E-state index in [4.69, 9.17) is 22.1 Å². The first-order chi connectivity index (χ1) is 12.9. The van der Waals surface area contributed by atoms with Crippen molar-refractivity contribution in [3.8, 4) is 5.75 Å². The topological polar surface area (TPSA) is 52.3 Å². The van der Waals surface area contributed by atoms with Gasteiger partial charge in [-0.15, -0.1) is 0 Å². The molecule has 2 aromatic carbocycles. The van der Waals surface area contributed by atoms with Crippen LogP contribution in [0, 0.1) is 11.7 Å². The van der Waals surface area contributed by atoms with Gasteiger partial charge in [0.15, 0.2) is 6.61 Å². The molecule has 2 aromatic rings. The van der Waals surface area contributed by atoms with Crippen LogP contribution in [-0.4, -0.2) is 12.5 Å². The summed E-state index contributed by atoms with van der Waals surface area (Å²) in [6.45, 7) is 2.08. The number of nitrogens with two attached hydrogens (primary N) is 1. The van der Waals surface area contributed by atoms with E-state index in [2.05, 4.69) is 19.1 Å². The minimum absolute atomic E-state index is 0.101. The number of rotatable bonds is 7. The molecule has 0 spiro atoms. The number of carbonyl (C=O) groups is 1. The highest BCUT2D eigenvalue weighted by Gasteiger charge is 2.27. The summed E-state index contributed by atoms with van der Waals surface area (Å²) in [6, 6.07) is 13.0. The summed E-state index contributed by atoms with van der Waals surface area (Å²) >= 11 is 5.92. The number of carbonyl (C=O) groups excluding carboxylic acids is 1. The molecular formula is C22H25ClFNO2. The Balaban J connectivity index is 1.55. The van der Waals surface area contributed by atoms with E-state index in [1.54, 1.807) is 6.07 Å². The fourth-order valence-corrected chi connectivity index (χ4v) is 4.23. The third-order valence-corrected chi connectivity index (χ3v) is 5.76. The molecule has 3 nitrogen and oxygen atoms in total. The first-order valence-electron chi connectivity index (χ1n) is 9.38. The van der Waals surface area contributed by atoms with Gasteiger partial charge in [-0.3, -0.25) is 4.79 Å². The van der Waals surface area contributed by atoms with Crippen LogP contribution in [0.5, 0.6) is 5.75 Å². The zero-order chi connectivity index (χ0) is 19.4. The summed E-state index contributed by atoms with van der Waals surface area (Å²) in [5.74, 6) is 1.38. The zero-order valence-corrected chi connectivity index (χ0v) is 16.2. The molecule has 0 aliphatic heterocycles. The largest absolute Gasteiger partial charge is 0.484 e. The summed E-state index contributed by atoms with van der Waals surface area (Å²) in [5, 5.41) is 0.197. The highest BCUT2D eigenvalue weighted by atomic mass is 35.5. The van der Waals surface area contributed by atoms with Crippen molar-refractivity contribution in [3.63, 3.8) is 0 Å². The standard InChI is InChI=1S/C22H25ClFNO2/c1-14(17-6-9-21(24)20(23)12-17)10-15-2-3-18(11-15)16-4-7-19(8-5-16)27-13-22(25)26/h4-9,12,14-15,18H,2-3,10-11,13H2,1H3,(H2,25,26)/t14-,15?,18+/m0/s1. The molecule has 1 unspecified atom stereocenters. The molecule has 1 amide bonds. The maximum Gasteiger partial charge on any atom is 0.255 e. The van der Waals surface area contributed by atoms with Crippen molar-refractivity contribution in [2.75, 3.05) is 6.61 Å². The van der Waals surface area contributed by atoms with Gasteiger partial charge in [0, 0.05) is 0 Å². The number of hydrogen-bond donors (Lipinski definition) is 1. The van der Waals surface area contributed by atoms with Gasteiger partial charge in [-0.1, -0.05) is 36.7 Å². The molecule has 1 saturated carbocycles. The minimum atomic E-state index is -0.478. The van der Waals surface area contributed by atoms with E-state index in [0.717, 1.165) is 18.4 Å². The summed E-state index contributed by atoms with van der Waals surface area (Å²) in [6.07, 6.45) is 4.60. The third-order valence-electron chi connectivity index (χ3n) is 5.47. The highest BCUT2D eigenvalue weighted by Crippen LogP contribution is 2.42. The molecule has 144 valence electrons. The maximum atomic E-state index is 13.4. The van der Waals surface area contributed by atoms with Gasteiger partial charge in [0.05, 0.1) is 5.02 Å². The first-order valence-corrected chi connectivity index (χ1v) is 9.76. The molecule has 27 heavy (non-hydrogen) atoms. The van der Waals surface area contributed by atoms with Gasteiger partial charge in [0.2, 0.25) is 0 Å². The molecule has 0 aromatic heterocycles. The van der Waals surface area contributed by atoms with Crippen molar-refractivity contribution in [1.82, 2.24) is 0 Å². The molecule has 0 bridgehead atoms. The van der Waals surface area contributed by atoms with Crippen LogP contribution in [0.2, 0.25) is 5.02 Å². The van der Waals surface area contributed by atoms with Crippen molar-refractivity contribution >= 4 is 17.5 Å². The Morgan fingerprint density at radius 1 is 1.26 bits per heavy atom. The van der Waals surface area contributed by atoms with Crippen LogP contribution in [0.25, 0.3) is 0 Å². The van der Waals surface area contributed by atoms with Crippen molar-refractivity contribution in [1.29, 1.82) is 0 Å². The lowest BCUT2D eigenvalue weighted by Crippen LogP contribution is -2.19. The summed E-state index contributed by atoms with van der Waals surface area (Å²) in [4.78, 5) is 10.8. The minimum Gasteiger partial charge on any atom is -0.484 e. The second-order valence-corrected chi connectivity index (χ2v) is 7.92. The Morgan fingerprint density at radius 3 is 2.67 bits per heavy atom. The Hall–Kier alpha value is -2.07. The molecule has 5 heteroatoms. The lowest BCUT2D eigenvalue weighted by Gasteiger charge is -2.18. The Labute approximate surface area is 164 Å². The maximum absolute atomic E-state index is 13.4. The normalized spacial score (nSPS) is 20.4. The van der Waals surface area contributed by atoms with E-state index >= 15 is 0 Å². The summed E-state index contributed by atoms with van der Waals surface area (Å²) < 4.78 is 18.7. The average Bonchev–Trinajstić information content (AvgIpc) is 3.11. The van der Waals surface area contributed by atoms with Crippen LogP contribution in [0.15, 0.2) is 42.5 Å². The van der Waals surface area contributed by atoms with Gasteiger partial charge >= 0.3 is 0 Å². The van der Waals surface area contributed by atoms with E-state index in [9.17, 15) is 9.18 Å². The number of hydrogen-bond acceptors (Lipinski definition) is 2. The lowest BCUT2D eigenvalue weighted by atomic mass is 9.88. The van der Waals surface area contributed by atoms with Crippen molar-refractivity contribution in [2.24, 2.45) is 11.7 Å². The van der Waals surface area contributed by atoms with E-state index in [1.807, 2.05) is 18.2 Å². The van der Waals surface area contributed by atoms with Crippen LogP contribution in [0.3, 0.4) is 0 Å². The van der Waals surface area contributed by atoms with Crippen molar-refractivity contribution in [3.05, 3.63) is 64.4 Å². The van der Waals surface area contributed by atoms with E-state index < -0.39 is 5.91 Å². The van der Waals surface area contributed by atoms with Gasteiger partial charge in [-0.2, -0.15) is 0 Å². The monoisotopic (exact) mass is 389 g/mol. The van der Waals surface area contributed by atoms with E-state index in [0.29, 0.717) is 23.5 Å². The van der Waals surface area contributed by atoms with E-state index in [-0.39, 0.29) is 17.4 Å². The molecule has 1 aliphatic carbocycles. The SMILES string of the molecule is C[C@@H](CC1CC[C@@H](c2ccc(OCC(N)=O)cc2)C1)c1ccc(F)c(Cl)c1. The third kappa shape index (κ3) is 5.23. The van der Waals surface area contributed by atoms with Gasteiger partial charge < -0.3 is 10.5 Å². The smallest absolute Gasteiger partial charge is 0.255 e. The zero-order valence-electron chi connectivity index (χ0n) is 15.5. The first kappa shape index (κ1) is 19.7. The van der Waals surface area contributed by atoms with Crippen molar-refractivity contribution in [2.45, 2.75) is 44.4 Å². The number of amides is 1.